The lowest BCUT2D eigenvalue weighted by atomic mass is 10.1. The first-order valence-corrected chi connectivity index (χ1v) is 11.9. The summed E-state index contributed by atoms with van der Waals surface area (Å²) in [6.45, 7) is 2.05. The van der Waals surface area contributed by atoms with Crippen LogP contribution < -0.4 is 10.9 Å². The Kier molecular flexibility index (Phi) is 5.75. The Hall–Kier alpha value is -2.17. The zero-order valence-electron chi connectivity index (χ0n) is 15.9. The quantitative estimate of drug-likeness (QED) is 0.335. The van der Waals surface area contributed by atoms with Crippen molar-refractivity contribution in [2.75, 3.05) is 17.7 Å². The number of thioether (sulfide) groups is 1. The Morgan fingerprint density at radius 3 is 2.90 bits per heavy atom. The van der Waals surface area contributed by atoms with E-state index in [1.54, 1.807) is 20.0 Å². The summed E-state index contributed by atoms with van der Waals surface area (Å²) in [6, 6.07) is 1.75. The molecule has 1 amide bonds. The number of hydrogen-bond acceptors (Lipinski definition) is 8. The summed E-state index contributed by atoms with van der Waals surface area (Å²) in [5.74, 6) is -0.200. The van der Waals surface area contributed by atoms with Gasteiger partial charge in [0.05, 0.1) is 23.3 Å². The number of hydrogen-bond donors (Lipinski definition) is 1. The van der Waals surface area contributed by atoms with Crippen LogP contribution in [0.25, 0.3) is 10.2 Å². The summed E-state index contributed by atoms with van der Waals surface area (Å²) in [6.07, 6.45) is 2.11. The van der Waals surface area contributed by atoms with Crippen molar-refractivity contribution in [2.45, 2.75) is 30.8 Å². The second kappa shape index (κ2) is 8.29. The van der Waals surface area contributed by atoms with Gasteiger partial charge in [0.15, 0.2) is 5.16 Å². The van der Waals surface area contributed by atoms with Gasteiger partial charge in [-0.15, -0.1) is 22.7 Å². The summed E-state index contributed by atoms with van der Waals surface area (Å²) in [7, 11) is 1.65. The van der Waals surface area contributed by atoms with Gasteiger partial charge in [-0.05, 0) is 48.1 Å². The van der Waals surface area contributed by atoms with Crippen LogP contribution in [-0.2, 0) is 16.6 Å². The van der Waals surface area contributed by atoms with E-state index in [1.165, 1.54) is 39.0 Å². The van der Waals surface area contributed by atoms with Crippen molar-refractivity contribution in [1.82, 2.24) is 9.55 Å². The Bertz CT molecular complexity index is 1140. The molecule has 152 valence electrons. The molecule has 4 rings (SSSR count). The number of fused-ring (bicyclic) bond motifs is 1. The number of nitrogens with zero attached hydrogens (tertiary/aromatic N) is 2. The molecule has 7 nitrogen and oxygen atoms in total. The molecule has 0 aliphatic heterocycles. The standard InChI is InChI=1S/C19H19N3O4S3/c1-3-26-18(25)14-12(10-4-5-10)8-28-16(14)20-13(23)9-29-19-21-15-11(6-7-27-15)17(24)22(19)2/h6-8,10H,3-5,9H2,1-2H3,(H,20,23). The lowest BCUT2D eigenvalue weighted by Crippen LogP contribution is -2.21. The van der Waals surface area contributed by atoms with Crippen LogP contribution in [0, 0.1) is 0 Å². The topological polar surface area (TPSA) is 90.3 Å². The minimum absolute atomic E-state index is 0.0795. The molecule has 3 aromatic rings. The van der Waals surface area contributed by atoms with Gasteiger partial charge in [0.2, 0.25) is 5.91 Å². The molecule has 3 aromatic heterocycles. The van der Waals surface area contributed by atoms with Crippen molar-refractivity contribution in [2.24, 2.45) is 7.05 Å². The highest BCUT2D eigenvalue weighted by Gasteiger charge is 2.32. The van der Waals surface area contributed by atoms with Crippen molar-refractivity contribution >= 4 is 61.5 Å². The Morgan fingerprint density at radius 1 is 1.38 bits per heavy atom. The number of nitrogens with one attached hydrogen (secondary N) is 1. The fourth-order valence-electron chi connectivity index (χ4n) is 2.97. The van der Waals surface area contributed by atoms with Crippen LogP contribution in [0.5, 0.6) is 0 Å². The monoisotopic (exact) mass is 449 g/mol. The smallest absolute Gasteiger partial charge is 0.341 e. The maximum atomic E-state index is 12.5. The number of carbonyl (C=O) groups is 2. The Labute approximate surface area is 179 Å². The summed E-state index contributed by atoms with van der Waals surface area (Å²) in [5, 5.41) is 8.17. The number of aromatic nitrogens is 2. The van der Waals surface area contributed by atoms with Gasteiger partial charge in [0.25, 0.3) is 5.56 Å². The first kappa shape index (κ1) is 20.1. The van der Waals surface area contributed by atoms with Gasteiger partial charge >= 0.3 is 5.97 Å². The van der Waals surface area contributed by atoms with E-state index in [0.29, 0.717) is 31.9 Å². The van der Waals surface area contributed by atoms with Crippen molar-refractivity contribution in [3.05, 3.63) is 38.3 Å². The van der Waals surface area contributed by atoms with Crippen LogP contribution >= 0.6 is 34.4 Å². The third-order valence-corrected chi connectivity index (χ3v) is 7.32. The molecule has 3 heterocycles. The van der Waals surface area contributed by atoms with Gasteiger partial charge in [-0.1, -0.05) is 11.8 Å². The average Bonchev–Trinajstić information content (AvgIpc) is 3.28. The van der Waals surface area contributed by atoms with E-state index in [1.807, 2.05) is 10.8 Å². The average molecular weight is 450 g/mol. The minimum Gasteiger partial charge on any atom is -0.462 e. The molecule has 29 heavy (non-hydrogen) atoms. The molecule has 0 unspecified atom stereocenters. The fraction of sp³-hybridized carbons (Fsp3) is 0.368. The van der Waals surface area contributed by atoms with Gasteiger partial charge in [-0.3, -0.25) is 14.2 Å². The lowest BCUT2D eigenvalue weighted by molar-refractivity contribution is -0.113. The normalized spacial score (nSPS) is 13.6. The number of thiophene rings is 2. The molecule has 10 heteroatoms. The van der Waals surface area contributed by atoms with E-state index in [0.717, 1.165) is 18.4 Å². The molecule has 0 atom stereocenters. The molecule has 1 saturated carbocycles. The molecule has 0 bridgehead atoms. The molecular formula is C19H19N3O4S3. The number of carbonyl (C=O) groups excluding carboxylic acids is 2. The summed E-state index contributed by atoms with van der Waals surface area (Å²) in [5.41, 5.74) is 1.31. The van der Waals surface area contributed by atoms with Crippen LogP contribution in [0.2, 0.25) is 0 Å². The zero-order chi connectivity index (χ0) is 20.5. The van der Waals surface area contributed by atoms with Crippen molar-refractivity contribution < 1.29 is 14.3 Å². The van der Waals surface area contributed by atoms with E-state index in [-0.39, 0.29) is 23.8 Å². The maximum Gasteiger partial charge on any atom is 0.341 e. The largest absolute Gasteiger partial charge is 0.462 e. The molecule has 0 aromatic carbocycles. The fourth-order valence-corrected chi connectivity index (χ4v) is 5.60. The van der Waals surface area contributed by atoms with Gasteiger partial charge in [-0.25, -0.2) is 9.78 Å². The Balaban J connectivity index is 1.49. The van der Waals surface area contributed by atoms with Gasteiger partial charge in [0, 0.05) is 7.05 Å². The summed E-state index contributed by atoms with van der Waals surface area (Å²) in [4.78, 5) is 42.4. The first-order chi connectivity index (χ1) is 14.0. The molecule has 1 aliphatic rings. The van der Waals surface area contributed by atoms with E-state index < -0.39 is 5.97 Å². The second-order valence-electron chi connectivity index (χ2n) is 6.62. The number of esters is 1. The third kappa shape index (κ3) is 4.10. The molecular weight excluding hydrogens is 430 g/mol. The minimum atomic E-state index is -0.397. The van der Waals surface area contributed by atoms with E-state index in [4.69, 9.17) is 4.74 Å². The van der Waals surface area contributed by atoms with E-state index >= 15 is 0 Å². The van der Waals surface area contributed by atoms with E-state index in [2.05, 4.69) is 10.3 Å². The lowest BCUT2D eigenvalue weighted by Gasteiger charge is -2.09. The number of ether oxygens (including phenoxy) is 1. The summed E-state index contributed by atoms with van der Waals surface area (Å²) < 4.78 is 6.63. The molecule has 1 fully saturated rings. The molecule has 0 saturated heterocycles. The van der Waals surface area contributed by atoms with Gasteiger partial charge < -0.3 is 10.1 Å². The zero-order valence-corrected chi connectivity index (χ0v) is 18.3. The van der Waals surface area contributed by atoms with Crippen molar-refractivity contribution in [3.63, 3.8) is 0 Å². The third-order valence-electron chi connectivity index (χ3n) is 4.57. The number of rotatable bonds is 7. The predicted molar refractivity (Wildman–Crippen MR) is 116 cm³/mol. The molecule has 1 N–H and O–H groups in total. The number of anilines is 1. The summed E-state index contributed by atoms with van der Waals surface area (Å²) >= 11 is 3.93. The highest BCUT2D eigenvalue weighted by molar-refractivity contribution is 7.99. The SMILES string of the molecule is CCOC(=O)c1c(C2CC2)csc1NC(=O)CSc1nc2sccc2c(=O)n1C. The van der Waals surface area contributed by atoms with Gasteiger partial charge in [-0.2, -0.15) is 0 Å². The number of amides is 1. The first-order valence-electron chi connectivity index (χ1n) is 9.15. The van der Waals surface area contributed by atoms with Crippen LogP contribution in [-0.4, -0.2) is 33.8 Å². The van der Waals surface area contributed by atoms with Crippen LogP contribution in [0.15, 0.2) is 26.8 Å². The second-order valence-corrected chi connectivity index (χ2v) is 9.34. The van der Waals surface area contributed by atoms with Crippen LogP contribution in [0.3, 0.4) is 0 Å². The highest BCUT2D eigenvalue weighted by Crippen LogP contribution is 2.46. The maximum absolute atomic E-state index is 12.5. The molecule has 0 spiro atoms. The highest BCUT2D eigenvalue weighted by atomic mass is 32.2. The van der Waals surface area contributed by atoms with Crippen LogP contribution in [0.1, 0.15) is 41.6 Å². The molecule has 0 radical (unpaired) electrons. The molecule has 1 aliphatic carbocycles. The van der Waals surface area contributed by atoms with Crippen LogP contribution in [0.4, 0.5) is 5.00 Å². The predicted octanol–water partition coefficient (Wildman–Crippen LogP) is 3.84. The van der Waals surface area contributed by atoms with Crippen molar-refractivity contribution in [1.29, 1.82) is 0 Å². The van der Waals surface area contributed by atoms with Crippen molar-refractivity contribution in [3.8, 4) is 0 Å². The van der Waals surface area contributed by atoms with E-state index in [9.17, 15) is 14.4 Å². The Morgan fingerprint density at radius 2 is 2.17 bits per heavy atom. The van der Waals surface area contributed by atoms with Gasteiger partial charge in [0.1, 0.15) is 9.83 Å².